The van der Waals surface area contributed by atoms with Crippen molar-refractivity contribution in [2.24, 2.45) is 0 Å². The number of benzene rings is 3. The maximum Gasteiger partial charge on any atom is 0.260 e. The molecular weight excluding hydrogens is 492 g/mol. The molecule has 3 aromatic carbocycles. The zero-order chi connectivity index (χ0) is 25.8. The molecule has 2 heterocycles. The first-order valence-electron chi connectivity index (χ1n) is 12.1. The highest BCUT2D eigenvalue weighted by molar-refractivity contribution is 6.30. The number of halogens is 1. The summed E-state index contributed by atoms with van der Waals surface area (Å²) in [5, 5.41) is 0.999. The predicted molar refractivity (Wildman–Crippen MR) is 143 cm³/mol. The summed E-state index contributed by atoms with van der Waals surface area (Å²) >= 11 is 5.97. The molecule has 5 rings (SSSR count). The second-order valence-electron chi connectivity index (χ2n) is 8.91. The molecule has 7 nitrogen and oxygen atoms in total. The van der Waals surface area contributed by atoms with Gasteiger partial charge in [-0.05, 0) is 17.7 Å². The number of nitrogens with zero attached hydrogens (tertiary/aromatic N) is 2. The van der Waals surface area contributed by atoms with Gasteiger partial charge < -0.3 is 18.8 Å². The van der Waals surface area contributed by atoms with Crippen LogP contribution in [0.2, 0.25) is 5.02 Å². The normalized spacial score (nSPS) is 14.1. The van der Waals surface area contributed by atoms with Gasteiger partial charge >= 0.3 is 0 Å². The zero-order valence-corrected chi connectivity index (χ0v) is 21.2. The van der Waals surface area contributed by atoms with Crippen molar-refractivity contribution in [1.82, 2.24) is 9.80 Å². The molecule has 1 saturated heterocycles. The van der Waals surface area contributed by atoms with Crippen molar-refractivity contribution >= 4 is 28.5 Å². The first-order valence-corrected chi connectivity index (χ1v) is 12.5. The minimum absolute atomic E-state index is 0.132. The first kappa shape index (κ1) is 24.9. The van der Waals surface area contributed by atoms with Gasteiger partial charge in [-0.25, -0.2) is 0 Å². The molecule has 1 amide bonds. The number of piperazine rings is 1. The highest BCUT2D eigenvalue weighted by Crippen LogP contribution is 2.32. The Kier molecular flexibility index (Phi) is 7.44. The third-order valence-electron chi connectivity index (χ3n) is 6.46. The van der Waals surface area contributed by atoms with Crippen molar-refractivity contribution < 1.29 is 18.7 Å². The number of rotatable bonds is 7. The second-order valence-corrected chi connectivity index (χ2v) is 9.35. The summed E-state index contributed by atoms with van der Waals surface area (Å²) in [5.74, 6) is 1.05. The Labute approximate surface area is 219 Å². The SMILES string of the molecule is COc1cc(OCC(=O)N2CCN(Cc3ccc(Cl)cc3)CC2)c2c(=O)cc(-c3ccccc3)oc2c1. The lowest BCUT2D eigenvalue weighted by Gasteiger charge is -2.34. The Morgan fingerprint density at radius 1 is 0.973 bits per heavy atom. The predicted octanol–water partition coefficient (Wildman–Crippen LogP) is 4.85. The maximum absolute atomic E-state index is 13.1. The van der Waals surface area contributed by atoms with Crippen LogP contribution in [0.5, 0.6) is 11.5 Å². The fraction of sp³-hybridized carbons (Fsp3) is 0.241. The Balaban J connectivity index is 1.26. The van der Waals surface area contributed by atoms with Crippen molar-refractivity contribution in [3.8, 4) is 22.8 Å². The van der Waals surface area contributed by atoms with E-state index < -0.39 is 0 Å². The molecule has 0 bridgehead atoms. The Bertz CT molecular complexity index is 1450. The largest absolute Gasteiger partial charge is 0.496 e. The molecule has 8 heteroatoms. The van der Waals surface area contributed by atoms with Gasteiger partial charge in [0.05, 0.1) is 7.11 Å². The Hall–Kier alpha value is -3.81. The molecule has 0 saturated carbocycles. The van der Waals surface area contributed by atoms with E-state index in [9.17, 15) is 9.59 Å². The number of methoxy groups -OCH3 is 1. The highest BCUT2D eigenvalue weighted by atomic mass is 35.5. The minimum atomic E-state index is -0.249. The highest BCUT2D eigenvalue weighted by Gasteiger charge is 2.22. The van der Waals surface area contributed by atoms with Gasteiger partial charge in [-0.15, -0.1) is 0 Å². The number of carbonyl (C=O) groups is 1. The van der Waals surface area contributed by atoms with E-state index in [1.807, 2.05) is 54.6 Å². The number of carbonyl (C=O) groups excluding carboxylic acids is 1. The van der Waals surface area contributed by atoms with E-state index in [0.29, 0.717) is 30.2 Å². The van der Waals surface area contributed by atoms with Crippen LogP contribution in [0, 0.1) is 0 Å². The van der Waals surface area contributed by atoms with Gasteiger partial charge in [0.1, 0.15) is 28.2 Å². The summed E-state index contributed by atoms with van der Waals surface area (Å²) < 4.78 is 17.3. The zero-order valence-electron chi connectivity index (χ0n) is 20.5. The number of amides is 1. The van der Waals surface area contributed by atoms with Crippen LogP contribution >= 0.6 is 11.6 Å². The molecule has 0 radical (unpaired) electrons. The third kappa shape index (κ3) is 5.79. The summed E-state index contributed by atoms with van der Waals surface area (Å²) in [6, 6.07) is 21.9. The monoisotopic (exact) mass is 518 g/mol. The summed E-state index contributed by atoms with van der Waals surface area (Å²) in [7, 11) is 1.53. The van der Waals surface area contributed by atoms with Crippen LogP contribution in [-0.4, -0.2) is 55.6 Å². The van der Waals surface area contributed by atoms with Crippen molar-refractivity contribution in [2.45, 2.75) is 6.54 Å². The van der Waals surface area contributed by atoms with Crippen LogP contribution in [0.15, 0.2) is 82.0 Å². The van der Waals surface area contributed by atoms with Gasteiger partial charge in [0, 0.05) is 61.5 Å². The van der Waals surface area contributed by atoms with Gasteiger partial charge in [-0.1, -0.05) is 54.1 Å². The van der Waals surface area contributed by atoms with E-state index in [1.54, 1.807) is 17.0 Å². The molecule has 0 unspecified atom stereocenters. The van der Waals surface area contributed by atoms with E-state index in [2.05, 4.69) is 4.90 Å². The van der Waals surface area contributed by atoms with Crippen molar-refractivity contribution in [3.63, 3.8) is 0 Å². The lowest BCUT2D eigenvalue weighted by molar-refractivity contribution is -0.135. The second kappa shape index (κ2) is 11.1. The van der Waals surface area contributed by atoms with Crippen LogP contribution in [0.3, 0.4) is 0 Å². The third-order valence-corrected chi connectivity index (χ3v) is 6.71. The maximum atomic E-state index is 13.1. The number of fused-ring (bicyclic) bond motifs is 1. The molecule has 0 N–H and O–H groups in total. The molecule has 0 spiro atoms. The Morgan fingerprint density at radius 3 is 2.41 bits per heavy atom. The summed E-state index contributed by atoms with van der Waals surface area (Å²) in [5.41, 5.74) is 2.06. The molecule has 37 heavy (non-hydrogen) atoms. The van der Waals surface area contributed by atoms with E-state index in [4.69, 9.17) is 25.5 Å². The van der Waals surface area contributed by atoms with E-state index in [-0.39, 0.29) is 29.1 Å². The molecule has 1 aliphatic heterocycles. The molecule has 0 aliphatic carbocycles. The van der Waals surface area contributed by atoms with Crippen LogP contribution in [0.1, 0.15) is 5.56 Å². The molecule has 0 atom stereocenters. The number of ether oxygens (including phenoxy) is 2. The van der Waals surface area contributed by atoms with Gasteiger partial charge in [-0.3, -0.25) is 14.5 Å². The van der Waals surface area contributed by atoms with Crippen LogP contribution in [0.25, 0.3) is 22.3 Å². The Morgan fingerprint density at radius 2 is 1.70 bits per heavy atom. The molecule has 4 aromatic rings. The summed E-state index contributed by atoms with van der Waals surface area (Å²) in [4.78, 5) is 30.1. The lowest BCUT2D eigenvalue weighted by atomic mass is 10.1. The van der Waals surface area contributed by atoms with E-state index in [0.717, 1.165) is 30.2 Å². The van der Waals surface area contributed by atoms with E-state index in [1.165, 1.54) is 18.7 Å². The molecular formula is C29H27ClN2O5. The van der Waals surface area contributed by atoms with Gasteiger partial charge in [0.25, 0.3) is 5.91 Å². The van der Waals surface area contributed by atoms with E-state index >= 15 is 0 Å². The lowest BCUT2D eigenvalue weighted by Crippen LogP contribution is -2.49. The van der Waals surface area contributed by atoms with Crippen molar-refractivity contribution in [1.29, 1.82) is 0 Å². The smallest absolute Gasteiger partial charge is 0.260 e. The quantitative estimate of drug-likeness (QED) is 0.348. The number of hydrogen-bond acceptors (Lipinski definition) is 6. The molecule has 1 fully saturated rings. The minimum Gasteiger partial charge on any atom is -0.496 e. The summed E-state index contributed by atoms with van der Waals surface area (Å²) in [6.45, 7) is 3.38. The van der Waals surface area contributed by atoms with Gasteiger partial charge in [-0.2, -0.15) is 0 Å². The van der Waals surface area contributed by atoms with Crippen LogP contribution in [0.4, 0.5) is 0 Å². The average molecular weight is 519 g/mol. The molecule has 1 aromatic heterocycles. The van der Waals surface area contributed by atoms with Gasteiger partial charge in [0.2, 0.25) is 0 Å². The van der Waals surface area contributed by atoms with Crippen molar-refractivity contribution in [2.75, 3.05) is 39.9 Å². The van der Waals surface area contributed by atoms with Gasteiger partial charge in [0.15, 0.2) is 12.0 Å². The topological polar surface area (TPSA) is 72.2 Å². The first-order chi connectivity index (χ1) is 18.0. The fourth-order valence-electron chi connectivity index (χ4n) is 4.44. The van der Waals surface area contributed by atoms with Crippen LogP contribution in [-0.2, 0) is 11.3 Å². The molecule has 1 aliphatic rings. The van der Waals surface area contributed by atoms with Crippen LogP contribution < -0.4 is 14.9 Å². The molecule has 190 valence electrons. The summed E-state index contributed by atoms with van der Waals surface area (Å²) in [6.07, 6.45) is 0. The van der Waals surface area contributed by atoms with Crippen molar-refractivity contribution in [3.05, 3.63) is 93.6 Å². The number of hydrogen-bond donors (Lipinski definition) is 0. The average Bonchev–Trinajstić information content (AvgIpc) is 2.93. The standard InChI is InChI=1S/C29H27ClN2O5/c1-35-23-15-26(29-24(33)17-25(37-27(29)16-23)21-5-3-2-4-6-21)36-19-28(34)32-13-11-31(12-14-32)18-20-7-9-22(30)10-8-20/h2-10,15-17H,11-14,18-19H2,1H3. The fourth-order valence-corrected chi connectivity index (χ4v) is 4.56.